The molecule has 80 valence electrons. The van der Waals surface area contributed by atoms with E-state index in [0.29, 0.717) is 0 Å². The Balaban J connectivity index is 2.88. The van der Waals surface area contributed by atoms with E-state index in [9.17, 15) is 5.11 Å². The standard InChI is InChI=1S/C11H19NOS/c1-5-11(13,7-10(2,3)4)9-6-12-8-14-9/h6,8,13H,5,7H2,1-4H3. The Morgan fingerprint density at radius 2 is 2.07 bits per heavy atom. The summed E-state index contributed by atoms with van der Waals surface area (Å²) in [6.45, 7) is 8.46. The van der Waals surface area contributed by atoms with Crippen LogP contribution < -0.4 is 0 Å². The quantitative estimate of drug-likeness (QED) is 0.836. The average Bonchev–Trinajstić information content (AvgIpc) is 2.53. The molecule has 0 saturated heterocycles. The molecule has 0 amide bonds. The van der Waals surface area contributed by atoms with Crippen molar-refractivity contribution in [3.05, 3.63) is 16.6 Å². The summed E-state index contributed by atoms with van der Waals surface area (Å²) in [6, 6.07) is 0. The maximum absolute atomic E-state index is 10.5. The first-order valence-corrected chi connectivity index (χ1v) is 5.87. The molecule has 2 nitrogen and oxygen atoms in total. The highest BCUT2D eigenvalue weighted by molar-refractivity contribution is 7.09. The van der Waals surface area contributed by atoms with Crippen molar-refractivity contribution in [3.8, 4) is 0 Å². The van der Waals surface area contributed by atoms with Crippen LogP contribution in [0.15, 0.2) is 11.7 Å². The highest BCUT2D eigenvalue weighted by Gasteiger charge is 2.33. The summed E-state index contributed by atoms with van der Waals surface area (Å²) in [6.07, 6.45) is 3.30. The van der Waals surface area contributed by atoms with Gasteiger partial charge in [0.25, 0.3) is 0 Å². The van der Waals surface area contributed by atoms with Crippen LogP contribution in [0.25, 0.3) is 0 Å². The predicted molar refractivity (Wildman–Crippen MR) is 60.4 cm³/mol. The van der Waals surface area contributed by atoms with E-state index >= 15 is 0 Å². The lowest BCUT2D eigenvalue weighted by Gasteiger charge is -2.32. The number of hydrogen-bond acceptors (Lipinski definition) is 3. The summed E-state index contributed by atoms with van der Waals surface area (Å²) in [5, 5.41) is 10.5. The summed E-state index contributed by atoms with van der Waals surface area (Å²) < 4.78 is 0. The Morgan fingerprint density at radius 3 is 2.43 bits per heavy atom. The van der Waals surface area contributed by atoms with Crippen molar-refractivity contribution in [1.29, 1.82) is 0 Å². The van der Waals surface area contributed by atoms with E-state index in [2.05, 4.69) is 25.8 Å². The molecule has 1 rings (SSSR count). The molecule has 0 aliphatic heterocycles. The molecule has 1 unspecified atom stereocenters. The van der Waals surface area contributed by atoms with Gasteiger partial charge in [0.15, 0.2) is 0 Å². The monoisotopic (exact) mass is 213 g/mol. The average molecular weight is 213 g/mol. The van der Waals surface area contributed by atoms with Crippen molar-refractivity contribution >= 4 is 11.3 Å². The van der Waals surface area contributed by atoms with Gasteiger partial charge in [-0.05, 0) is 18.3 Å². The molecule has 3 heteroatoms. The number of hydrogen-bond donors (Lipinski definition) is 1. The maximum Gasteiger partial charge on any atom is 0.101 e. The van der Waals surface area contributed by atoms with Crippen LogP contribution in [0.5, 0.6) is 0 Å². The second-order valence-corrected chi connectivity index (χ2v) is 5.87. The van der Waals surface area contributed by atoms with Gasteiger partial charge in [0.2, 0.25) is 0 Å². The molecule has 0 fully saturated rings. The number of rotatable bonds is 3. The Hall–Kier alpha value is -0.410. The second kappa shape index (κ2) is 3.99. The van der Waals surface area contributed by atoms with Crippen molar-refractivity contribution in [2.75, 3.05) is 0 Å². The van der Waals surface area contributed by atoms with Crippen LogP contribution in [-0.2, 0) is 5.60 Å². The Morgan fingerprint density at radius 1 is 1.43 bits per heavy atom. The molecule has 0 spiro atoms. The lowest BCUT2D eigenvalue weighted by Crippen LogP contribution is -2.29. The van der Waals surface area contributed by atoms with Gasteiger partial charge >= 0.3 is 0 Å². The highest BCUT2D eigenvalue weighted by Crippen LogP contribution is 2.38. The van der Waals surface area contributed by atoms with Crippen molar-refractivity contribution in [2.45, 2.75) is 46.1 Å². The van der Waals surface area contributed by atoms with Crippen LogP contribution in [0.1, 0.15) is 45.4 Å². The molecule has 1 aromatic rings. The molecule has 0 saturated carbocycles. The Kier molecular flexibility index (Phi) is 3.32. The fraction of sp³-hybridized carbons (Fsp3) is 0.727. The number of nitrogens with zero attached hydrogens (tertiary/aromatic N) is 1. The first-order valence-electron chi connectivity index (χ1n) is 4.99. The van der Waals surface area contributed by atoms with Gasteiger partial charge in [-0.15, -0.1) is 11.3 Å². The van der Waals surface area contributed by atoms with Gasteiger partial charge in [0.1, 0.15) is 5.60 Å². The van der Waals surface area contributed by atoms with Crippen LogP contribution in [0.3, 0.4) is 0 Å². The molecule has 0 aliphatic carbocycles. The van der Waals surface area contributed by atoms with E-state index in [1.807, 2.05) is 6.92 Å². The molecule has 1 atom stereocenters. The first kappa shape index (κ1) is 11.7. The summed E-state index contributed by atoms with van der Waals surface area (Å²) in [5.41, 5.74) is 1.22. The molecule has 1 N–H and O–H groups in total. The minimum absolute atomic E-state index is 0.134. The SMILES string of the molecule is CCC(O)(CC(C)(C)C)c1cncs1. The van der Waals surface area contributed by atoms with Crippen molar-refractivity contribution in [2.24, 2.45) is 5.41 Å². The molecule has 14 heavy (non-hydrogen) atoms. The highest BCUT2D eigenvalue weighted by atomic mass is 32.1. The predicted octanol–water partition coefficient (Wildman–Crippen LogP) is 3.18. The van der Waals surface area contributed by atoms with Gasteiger partial charge < -0.3 is 5.11 Å². The van der Waals surface area contributed by atoms with Gasteiger partial charge in [-0.1, -0.05) is 27.7 Å². The van der Waals surface area contributed by atoms with Crippen LogP contribution in [0.2, 0.25) is 0 Å². The van der Waals surface area contributed by atoms with Crippen LogP contribution in [0.4, 0.5) is 0 Å². The fourth-order valence-corrected chi connectivity index (χ4v) is 2.50. The van der Waals surface area contributed by atoms with Crippen LogP contribution >= 0.6 is 11.3 Å². The summed E-state index contributed by atoms with van der Waals surface area (Å²) in [4.78, 5) is 5.01. The van der Waals surface area contributed by atoms with Gasteiger partial charge in [-0.2, -0.15) is 0 Å². The summed E-state index contributed by atoms with van der Waals surface area (Å²) in [7, 11) is 0. The Bertz CT molecular complexity index is 276. The number of aromatic nitrogens is 1. The lowest BCUT2D eigenvalue weighted by molar-refractivity contribution is -0.00354. The smallest absolute Gasteiger partial charge is 0.101 e. The lowest BCUT2D eigenvalue weighted by atomic mass is 9.80. The number of aliphatic hydroxyl groups is 1. The first-order chi connectivity index (χ1) is 6.37. The van der Waals surface area contributed by atoms with E-state index in [-0.39, 0.29) is 5.41 Å². The van der Waals surface area contributed by atoms with E-state index < -0.39 is 5.60 Å². The second-order valence-electron chi connectivity index (χ2n) is 4.99. The normalized spacial score (nSPS) is 16.6. The zero-order chi connectivity index (χ0) is 10.8. The number of thiazole rings is 1. The molecule has 1 heterocycles. The third-order valence-corrected chi connectivity index (χ3v) is 3.27. The molecule has 1 aromatic heterocycles. The molecule has 0 radical (unpaired) electrons. The van der Waals surface area contributed by atoms with E-state index in [4.69, 9.17) is 0 Å². The van der Waals surface area contributed by atoms with Gasteiger partial charge in [0, 0.05) is 6.20 Å². The zero-order valence-corrected chi connectivity index (χ0v) is 10.2. The zero-order valence-electron chi connectivity index (χ0n) is 9.37. The fourth-order valence-electron chi connectivity index (χ4n) is 1.71. The van der Waals surface area contributed by atoms with Gasteiger partial charge in [0.05, 0.1) is 10.4 Å². The van der Waals surface area contributed by atoms with Gasteiger partial charge in [-0.25, -0.2) is 0 Å². The minimum atomic E-state index is -0.695. The maximum atomic E-state index is 10.5. The molecule has 0 aromatic carbocycles. The van der Waals surface area contributed by atoms with E-state index in [0.717, 1.165) is 17.7 Å². The van der Waals surface area contributed by atoms with Crippen molar-refractivity contribution < 1.29 is 5.11 Å². The topological polar surface area (TPSA) is 33.1 Å². The molecule has 0 aliphatic rings. The summed E-state index contributed by atoms with van der Waals surface area (Å²) >= 11 is 1.53. The van der Waals surface area contributed by atoms with Gasteiger partial charge in [-0.3, -0.25) is 4.98 Å². The third-order valence-electron chi connectivity index (χ3n) is 2.30. The van der Waals surface area contributed by atoms with E-state index in [1.165, 1.54) is 11.3 Å². The molecular formula is C11H19NOS. The van der Waals surface area contributed by atoms with Crippen LogP contribution in [-0.4, -0.2) is 10.1 Å². The van der Waals surface area contributed by atoms with E-state index in [1.54, 1.807) is 11.7 Å². The molecule has 0 bridgehead atoms. The van der Waals surface area contributed by atoms with Crippen LogP contribution in [0, 0.1) is 5.41 Å². The largest absolute Gasteiger partial charge is 0.384 e. The summed E-state index contributed by atoms with van der Waals surface area (Å²) in [5.74, 6) is 0. The third kappa shape index (κ3) is 2.79. The molecular weight excluding hydrogens is 194 g/mol. The minimum Gasteiger partial charge on any atom is -0.384 e. The van der Waals surface area contributed by atoms with Crippen molar-refractivity contribution in [1.82, 2.24) is 4.98 Å². The Labute approximate surface area is 90.0 Å². The van der Waals surface area contributed by atoms with Crippen molar-refractivity contribution in [3.63, 3.8) is 0 Å².